The maximum Gasteiger partial charge on any atom is 0.326 e. The summed E-state index contributed by atoms with van der Waals surface area (Å²) in [5, 5.41) is 21.1. The van der Waals surface area contributed by atoms with Crippen LogP contribution in [0, 0.1) is 10.1 Å². The number of carbonyl (C=O) groups is 1. The molecule has 0 radical (unpaired) electrons. The van der Waals surface area contributed by atoms with Crippen molar-refractivity contribution in [2.45, 2.75) is 38.0 Å². The molecule has 2 atom stereocenters. The molecule has 8 nitrogen and oxygen atoms in total. The van der Waals surface area contributed by atoms with Crippen molar-refractivity contribution in [2.24, 2.45) is 0 Å². The van der Waals surface area contributed by atoms with E-state index in [0.717, 1.165) is 11.3 Å². The fourth-order valence-corrected chi connectivity index (χ4v) is 4.45. The third kappa shape index (κ3) is 2.49. The molecule has 0 aromatic heterocycles. The largest absolute Gasteiger partial charge is 0.493 e. The number of non-ortho nitro benzene ring substituents is 1. The lowest BCUT2D eigenvalue weighted by Crippen LogP contribution is -2.63. The third-order valence-electron chi connectivity index (χ3n) is 6.08. The van der Waals surface area contributed by atoms with Crippen LogP contribution in [-0.2, 0) is 10.2 Å². The highest BCUT2D eigenvalue weighted by molar-refractivity contribution is 5.83. The van der Waals surface area contributed by atoms with E-state index in [-0.39, 0.29) is 11.4 Å². The Kier molecular flexibility index (Phi) is 4.27. The van der Waals surface area contributed by atoms with Gasteiger partial charge < -0.3 is 19.5 Å². The zero-order valence-corrected chi connectivity index (χ0v) is 17.1. The van der Waals surface area contributed by atoms with Gasteiger partial charge in [0.1, 0.15) is 6.04 Å². The van der Waals surface area contributed by atoms with E-state index in [1.807, 2.05) is 38.1 Å². The lowest BCUT2D eigenvalue weighted by atomic mass is 9.76. The third-order valence-corrected chi connectivity index (χ3v) is 6.08. The van der Waals surface area contributed by atoms with Gasteiger partial charge >= 0.3 is 5.97 Å². The first-order chi connectivity index (χ1) is 14.1. The van der Waals surface area contributed by atoms with Crippen LogP contribution in [0.25, 0.3) is 6.08 Å². The van der Waals surface area contributed by atoms with Gasteiger partial charge in [-0.15, -0.1) is 0 Å². The number of rotatable bonds is 4. The number of para-hydroxylation sites is 1. The molecule has 2 aliphatic rings. The molecule has 2 unspecified atom stereocenters. The molecule has 4 rings (SSSR count). The van der Waals surface area contributed by atoms with Gasteiger partial charge in [0, 0.05) is 17.3 Å². The average Bonchev–Trinajstić information content (AvgIpc) is 2.90. The number of fused-ring (bicyclic) bond motifs is 2. The van der Waals surface area contributed by atoms with Gasteiger partial charge in [0.15, 0.2) is 11.5 Å². The van der Waals surface area contributed by atoms with Crippen molar-refractivity contribution in [1.29, 1.82) is 0 Å². The molecule has 0 aliphatic carbocycles. The molecule has 0 amide bonds. The molecule has 2 aromatic carbocycles. The fourth-order valence-electron chi connectivity index (χ4n) is 4.45. The number of ether oxygens (including phenoxy) is 2. The van der Waals surface area contributed by atoms with Crippen LogP contribution in [-0.4, -0.2) is 34.9 Å². The highest BCUT2D eigenvalue weighted by Gasteiger charge is 2.61. The molecule has 2 aromatic rings. The number of anilines is 1. The van der Waals surface area contributed by atoms with Gasteiger partial charge in [-0.05, 0) is 44.6 Å². The summed E-state index contributed by atoms with van der Waals surface area (Å²) in [7, 11) is 1.42. The quantitative estimate of drug-likeness (QED) is 0.601. The van der Waals surface area contributed by atoms with E-state index >= 15 is 0 Å². The molecule has 30 heavy (non-hydrogen) atoms. The Morgan fingerprint density at radius 1 is 1.30 bits per heavy atom. The minimum atomic E-state index is -1.16. The molecule has 1 N–H and O–H groups in total. The molecule has 0 fully saturated rings. The summed E-state index contributed by atoms with van der Waals surface area (Å²) in [5.41, 5.74) is 0.318. The van der Waals surface area contributed by atoms with Crippen LogP contribution in [0.2, 0.25) is 0 Å². The number of nitrogens with zero attached hydrogens (tertiary/aromatic N) is 2. The molecular formula is C22H22N2O6. The predicted molar refractivity (Wildman–Crippen MR) is 111 cm³/mol. The Bertz CT molecular complexity index is 1090. The van der Waals surface area contributed by atoms with E-state index < -0.39 is 28.1 Å². The minimum Gasteiger partial charge on any atom is -0.493 e. The molecule has 156 valence electrons. The average molecular weight is 410 g/mol. The second-order valence-electron chi connectivity index (χ2n) is 7.98. The Morgan fingerprint density at radius 2 is 2.00 bits per heavy atom. The normalized spacial score (nSPS) is 21.5. The van der Waals surface area contributed by atoms with E-state index in [1.54, 1.807) is 24.0 Å². The standard InChI is InChI=1S/C22H22N2O6/c1-13(20(25)26)23-17-8-6-5-7-16(17)21(2,3)22(23)10-9-14-11-15(24(27)28)12-18(29-4)19(14)30-22/h5-13H,1-4H3,(H,25,26). The van der Waals surface area contributed by atoms with Gasteiger partial charge in [0.2, 0.25) is 5.72 Å². The molecule has 0 bridgehead atoms. The number of hydrogen-bond acceptors (Lipinski definition) is 6. The molecule has 8 heteroatoms. The highest BCUT2D eigenvalue weighted by Crippen LogP contribution is 2.57. The zero-order valence-electron chi connectivity index (χ0n) is 17.1. The topological polar surface area (TPSA) is 102 Å². The Labute approximate surface area is 173 Å². The highest BCUT2D eigenvalue weighted by atomic mass is 16.6. The van der Waals surface area contributed by atoms with E-state index in [0.29, 0.717) is 11.3 Å². The second kappa shape index (κ2) is 6.48. The predicted octanol–water partition coefficient (Wildman–Crippen LogP) is 3.98. The van der Waals surface area contributed by atoms with Crippen molar-refractivity contribution in [3.05, 3.63) is 63.7 Å². The van der Waals surface area contributed by atoms with Gasteiger partial charge in [-0.3, -0.25) is 10.1 Å². The van der Waals surface area contributed by atoms with Crippen LogP contribution in [0.3, 0.4) is 0 Å². The maximum absolute atomic E-state index is 12.0. The number of methoxy groups -OCH3 is 1. The van der Waals surface area contributed by atoms with E-state index in [4.69, 9.17) is 9.47 Å². The van der Waals surface area contributed by atoms with Crippen molar-refractivity contribution in [2.75, 3.05) is 12.0 Å². The van der Waals surface area contributed by atoms with Crippen molar-refractivity contribution < 1.29 is 24.3 Å². The monoisotopic (exact) mass is 410 g/mol. The fraction of sp³-hybridized carbons (Fsp3) is 0.318. The number of carboxylic acid groups (broad SMARTS) is 1. The smallest absolute Gasteiger partial charge is 0.326 e. The van der Waals surface area contributed by atoms with Crippen molar-refractivity contribution in [3.8, 4) is 11.5 Å². The van der Waals surface area contributed by atoms with Crippen LogP contribution in [0.1, 0.15) is 31.9 Å². The van der Waals surface area contributed by atoms with Crippen LogP contribution in [0.15, 0.2) is 42.5 Å². The molecule has 2 aliphatic heterocycles. The number of nitro benzene ring substituents is 1. The summed E-state index contributed by atoms with van der Waals surface area (Å²) in [6, 6.07) is 9.46. The van der Waals surface area contributed by atoms with E-state index in [1.165, 1.54) is 19.2 Å². The number of benzene rings is 2. The first kappa shape index (κ1) is 19.8. The van der Waals surface area contributed by atoms with Gasteiger partial charge in [0.25, 0.3) is 5.69 Å². The number of nitro groups is 1. The Morgan fingerprint density at radius 3 is 2.63 bits per heavy atom. The number of aliphatic carboxylic acids is 1. The van der Waals surface area contributed by atoms with Crippen LogP contribution >= 0.6 is 0 Å². The second-order valence-corrected chi connectivity index (χ2v) is 7.98. The summed E-state index contributed by atoms with van der Waals surface area (Å²) in [6.07, 6.45) is 3.53. The van der Waals surface area contributed by atoms with Crippen molar-refractivity contribution in [1.82, 2.24) is 0 Å². The number of hydrogen-bond donors (Lipinski definition) is 1. The first-order valence-corrected chi connectivity index (χ1v) is 9.50. The summed E-state index contributed by atoms with van der Waals surface area (Å²) in [6.45, 7) is 5.60. The lowest BCUT2D eigenvalue weighted by molar-refractivity contribution is -0.385. The minimum absolute atomic E-state index is 0.112. The summed E-state index contributed by atoms with van der Waals surface area (Å²) < 4.78 is 11.9. The van der Waals surface area contributed by atoms with Gasteiger partial charge in [-0.25, -0.2) is 4.79 Å². The Hall–Kier alpha value is -3.55. The van der Waals surface area contributed by atoms with Gasteiger partial charge in [0.05, 0.1) is 23.5 Å². The number of carboxylic acids is 1. The van der Waals surface area contributed by atoms with Crippen LogP contribution in [0.4, 0.5) is 11.4 Å². The maximum atomic E-state index is 12.0. The van der Waals surface area contributed by atoms with Crippen LogP contribution in [0.5, 0.6) is 11.5 Å². The molecule has 0 saturated heterocycles. The van der Waals surface area contributed by atoms with E-state index in [2.05, 4.69) is 0 Å². The van der Waals surface area contributed by atoms with Gasteiger partial charge in [-0.2, -0.15) is 0 Å². The Balaban J connectivity index is 1.96. The molecular weight excluding hydrogens is 388 g/mol. The summed E-state index contributed by atoms with van der Waals surface area (Å²) >= 11 is 0. The van der Waals surface area contributed by atoms with E-state index in [9.17, 15) is 20.0 Å². The molecule has 1 spiro atoms. The SMILES string of the molecule is COc1cc([N+](=O)[O-])cc2c1OC1(C=C2)N(C(C)C(=O)O)c2ccccc2C1(C)C. The zero-order chi connectivity index (χ0) is 21.8. The summed E-state index contributed by atoms with van der Waals surface area (Å²) in [4.78, 5) is 24.5. The lowest BCUT2D eigenvalue weighted by Gasteiger charge is -2.48. The molecule has 2 heterocycles. The summed E-state index contributed by atoms with van der Waals surface area (Å²) in [5.74, 6) is -0.424. The van der Waals surface area contributed by atoms with Crippen LogP contribution < -0.4 is 14.4 Å². The van der Waals surface area contributed by atoms with Crippen molar-refractivity contribution >= 4 is 23.4 Å². The van der Waals surface area contributed by atoms with Gasteiger partial charge in [-0.1, -0.05) is 18.2 Å². The molecule has 0 saturated carbocycles. The van der Waals surface area contributed by atoms with Crippen molar-refractivity contribution in [3.63, 3.8) is 0 Å². The first-order valence-electron chi connectivity index (χ1n) is 9.50.